The molecule has 0 saturated heterocycles. The minimum Gasteiger partial charge on any atom is -0.347 e. The van der Waals surface area contributed by atoms with Gasteiger partial charge in [0.1, 0.15) is 7.05 Å². The van der Waals surface area contributed by atoms with Crippen molar-refractivity contribution in [2.75, 3.05) is 19.0 Å². The summed E-state index contributed by atoms with van der Waals surface area (Å²) in [5.74, 6) is 0.255. The van der Waals surface area contributed by atoms with Crippen molar-refractivity contribution >= 4 is 27.9 Å². The first-order valence-electron chi connectivity index (χ1n) is 17.1. The fourth-order valence-electron chi connectivity index (χ4n) is 8.34. The molecule has 0 aliphatic carbocycles. The highest BCUT2D eigenvalue weighted by molar-refractivity contribution is 6.04. The van der Waals surface area contributed by atoms with Crippen molar-refractivity contribution in [2.24, 2.45) is 0 Å². The van der Waals surface area contributed by atoms with Gasteiger partial charge in [0.15, 0.2) is 5.71 Å². The molecule has 0 bridgehead atoms. The van der Waals surface area contributed by atoms with Gasteiger partial charge in [0.2, 0.25) is 5.69 Å². The first-order valence-corrected chi connectivity index (χ1v) is 17.1. The van der Waals surface area contributed by atoms with Crippen LogP contribution in [0.3, 0.4) is 0 Å². The topological polar surface area (TPSA) is 6.25 Å². The summed E-state index contributed by atoms with van der Waals surface area (Å²) in [4.78, 5) is 2.42. The maximum atomic E-state index is 2.43. The molecule has 2 heterocycles. The van der Waals surface area contributed by atoms with E-state index in [1.54, 1.807) is 0 Å². The molecular formula is C46H41N2+. The molecule has 2 aliphatic heterocycles. The lowest BCUT2D eigenvalue weighted by molar-refractivity contribution is -0.401. The van der Waals surface area contributed by atoms with Gasteiger partial charge in [0, 0.05) is 42.1 Å². The van der Waals surface area contributed by atoms with Crippen LogP contribution in [0.15, 0.2) is 176 Å². The molecule has 6 aromatic carbocycles. The molecule has 8 rings (SSSR count). The van der Waals surface area contributed by atoms with Gasteiger partial charge < -0.3 is 4.90 Å². The zero-order chi connectivity index (χ0) is 32.5. The largest absolute Gasteiger partial charge is 0.347 e. The summed E-state index contributed by atoms with van der Waals surface area (Å²) < 4.78 is 2.43. The van der Waals surface area contributed by atoms with Crippen LogP contribution in [-0.2, 0) is 24.7 Å². The van der Waals surface area contributed by atoms with Crippen molar-refractivity contribution in [3.63, 3.8) is 0 Å². The van der Waals surface area contributed by atoms with Crippen molar-refractivity contribution in [1.82, 2.24) is 0 Å². The van der Waals surface area contributed by atoms with Gasteiger partial charge in [-0.15, -0.1) is 0 Å². The molecule has 0 spiro atoms. The smallest absolute Gasteiger partial charge is 0.209 e. The molecule has 0 saturated carbocycles. The van der Waals surface area contributed by atoms with E-state index in [2.05, 4.69) is 193 Å². The lowest BCUT2D eigenvalue weighted by Gasteiger charge is -2.28. The van der Waals surface area contributed by atoms with E-state index in [1.807, 2.05) is 0 Å². The number of nitrogens with zero attached hydrogens (tertiary/aromatic N) is 2. The van der Waals surface area contributed by atoms with Crippen molar-refractivity contribution < 1.29 is 4.58 Å². The summed E-state index contributed by atoms with van der Waals surface area (Å²) in [5, 5.41) is 2.65. The molecule has 0 amide bonds. The monoisotopic (exact) mass is 621 g/mol. The zero-order valence-corrected chi connectivity index (χ0v) is 27.8. The molecule has 0 aromatic heterocycles. The van der Waals surface area contributed by atoms with Crippen molar-refractivity contribution in [1.29, 1.82) is 0 Å². The Morgan fingerprint density at radius 2 is 1.23 bits per heavy atom. The number of para-hydroxylation sites is 1. The molecule has 2 heteroatoms. The van der Waals surface area contributed by atoms with E-state index in [9.17, 15) is 0 Å². The zero-order valence-electron chi connectivity index (χ0n) is 27.8. The number of rotatable bonds is 8. The number of fused-ring (bicyclic) bond motifs is 4. The summed E-state index contributed by atoms with van der Waals surface area (Å²) >= 11 is 0. The van der Waals surface area contributed by atoms with Gasteiger partial charge in [-0.25, -0.2) is 0 Å². The minimum atomic E-state index is -0.215. The first-order chi connectivity index (χ1) is 23.6. The predicted octanol–water partition coefficient (Wildman–Crippen LogP) is 10.2. The second-order valence-corrected chi connectivity index (χ2v) is 13.3. The first kappa shape index (κ1) is 29.9. The lowest BCUT2D eigenvalue weighted by atomic mass is 9.69. The second-order valence-electron chi connectivity index (χ2n) is 13.3. The third-order valence-corrected chi connectivity index (χ3v) is 10.5. The highest BCUT2D eigenvalue weighted by Crippen LogP contribution is 2.48. The second kappa shape index (κ2) is 12.6. The summed E-state index contributed by atoms with van der Waals surface area (Å²) in [6.07, 6.45) is 9.90. The predicted molar refractivity (Wildman–Crippen MR) is 202 cm³/mol. The molecule has 234 valence electrons. The summed E-state index contributed by atoms with van der Waals surface area (Å²) in [6, 6.07) is 55.4. The highest BCUT2D eigenvalue weighted by Gasteiger charge is 2.50. The van der Waals surface area contributed by atoms with Crippen molar-refractivity contribution in [3.05, 3.63) is 203 Å². The van der Waals surface area contributed by atoms with Crippen LogP contribution in [0.25, 0.3) is 10.8 Å². The van der Waals surface area contributed by atoms with Gasteiger partial charge in [-0.1, -0.05) is 146 Å². The molecule has 48 heavy (non-hydrogen) atoms. The number of hydrogen-bond donors (Lipinski definition) is 0. The standard InChI is InChI=1S/C46H41N2/c1-47-41(39(31-34-17-6-3-7-18-34)45-38-24-13-12-23-37(38)29-30-43(45)47)27-16-28-44-46(32-35-19-8-4-9-20-35,33-36-21-10-5-11-22-36)40-25-14-15-26-42(40)48(44)2/h3-30,39H,31-33H2,1-2H3/q+1. The van der Waals surface area contributed by atoms with E-state index in [-0.39, 0.29) is 11.3 Å². The number of hydrogen-bond acceptors (Lipinski definition) is 1. The third-order valence-electron chi connectivity index (χ3n) is 10.5. The van der Waals surface area contributed by atoms with E-state index >= 15 is 0 Å². The van der Waals surface area contributed by atoms with Crippen molar-refractivity contribution in [2.45, 2.75) is 30.6 Å². The number of allylic oxidation sites excluding steroid dienone is 4. The van der Waals surface area contributed by atoms with Crippen LogP contribution in [0.1, 0.15) is 33.7 Å². The average Bonchev–Trinajstić information content (AvgIpc) is 3.52. The third kappa shape index (κ3) is 5.28. The minimum absolute atomic E-state index is 0.215. The Hall–Kier alpha value is -5.47. The van der Waals surface area contributed by atoms with Gasteiger partial charge in [-0.05, 0) is 64.4 Å². The SMILES string of the molecule is CN1C(=CC=CC2=[N+](C)c3ccccc3C2(Cc2ccccc2)Cc2ccccc2)C(Cc2ccccc2)c2c1ccc1ccccc21. The Labute approximate surface area is 284 Å². The maximum Gasteiger partial charge on any atom is 0.209 e. The van der Waals surface area contributed by atoms with Gasteiger partial charge in [0.25, 0.3) is 0 Å². The van der Waals surface area contributed by atoms with Crippen LogP contribution in [0.2, 0.25) is 0 Å². The van der Waals surface area contributed by atoms with E-state index < -0.39 is 0 Å². The Bertz CT molecular complexity index is 2130. The van der Waals surface area contributed by atoms with Crippen LogP contribution >= 0.6 is 0 Å². The van der Waals surface area contributed by atoms with Gasteiger partial charge >= 0.3 is 0 Å². The van der Waals surface area contributed by atoms with E-state index in [4.69, 9.17) is 0 Å². The fourth-order valence-corrected chi connectivity index (χ4v) is 8.34. The summed E-state index contributed by atoms with van der Waals surface area (Å²) in [6.45, 7) is 0. The molecule has 0 N–H and O–H groups in total. The van der Waals surface area contributed by atoms with E-state index in [1.165, 1.54) is 61.4 Å². The number of likely N-dealkylation sites (N-methyl/N-ethyl adjacent to an activating group) is 1. The normalized spacial score (nSPS) is 17.4. The molecule has 1 unspecified atom stereocenters. The van der Waals surface area contributed by atoms with Crippen LogP contribution < -0.4 is 4.90 Å². The van der Waals surface area contributed by atoms with Gasteiger partial charge in [-0.2, -0.15) is 4.58 Å². The van der Waals surface area contributed by atoms with Crippen LogP contribution in [0.4, 0.5) is 11.4 Å². The Morgan fingerprint density at radius 1 is 0.646 bits per heavy atom. The van der Waals surface area contributed by atoms with E-state index in [0.717, 1.165) is 19.3 Å². The molecule has 0 fully saturated rings. The van der Waals surface area contributed by atoms with Gasteiger partial charge in [0.05, 0.1) is 5.41 Å². The van der Waals surface area contributed by atoms with Crippen LogP contribution in [0.5, 0.6) is 0 Å². The van der Waals surface area contributed by atoms with Crippen LogP contribution in [0, 0.1) is 0 Å². The number of anilines is 1. The Morgan fingerprint density at radius 3 is 1.92 bits per heavy atom. The van der Waals surface area contributed by atoms with Crippen molar-refractivity contribution in [3.8, 4) is 0 Å². The molecule has 2 nitrogen and oxygen atoms in total. The molecule has 0 radical (unpaired) electrons. The molecular weight excluding hydrogens is 581 g/mol. The highest BCUT2D eigenvalue weighted by atomic mass is 15.1. The maximum absolute atomic E-state index is 2.43. The molecule has 1 atom stereocenters. The molecule has 2 aliphatic rings. The fraction of sp³-hybridized carbons (Fsp3) is 0.152. The van der Waals surface area contributed by atoms with Crippen LogP contribution in [-0.4, -0.2) is 24.4 Å². The average molecular weight is 622 g/mol. The Balaban J connectivity index is 1.25. The van der Waals surface area contributed by atoms with Gasteiger partial charge in [-0.3, -0.25) is 0 Å². The summed E-state index contributed by atoms with van der Waals surface area (Å²) in [7, 11) is 4.48. The lowest BCUT2D eigenvalue weighted by Crippen LogP contribution is -2.38. The Kier molecular flexibility index (Phi) is 7.86. The quantitative estimate of drug-likeness (QED) is 0.153. The summed E-state index contributed by atoms with van der Waals surface area (Å²) in [5.41, 5.74) is 11.9. The number of benzene rings is 6. The molecule has 6 aromatic rings. The van der Waals surface area contributed by atoms with E-state index in [0.29, 0.717) is 0 Å².